The van der Waals surface area contributed by atoms with E-state index in [0.29, 0.717) is 29.2 Å². The van der Waals surface area contributed by atoms with Crippen LogP contribution < -0.4 is 11.1 Å². The normalized spacial score (nSPS) is 19.9. The van der Waals surface area contributed by atoms with E-state index in [1.54, 1.807) is 23.2 Å². The van der Waals surface area contributed by atoms with Crippen LogP contribution >= 0.6 is 11.6 Å². The number of halogens is 2. The van der Waals surface area contributed by atoms with Crippen LogP contribution in [0.3, 0.4) is 0 Å². The van der Waals surface area contributed by atoms with Crippen molar-refractivity contribution in [1.29, 1.82) is 0 Å². The molecule has 3 N–H and O–H groups in total. The van der Waals surface area contributed by atoms with Gasteiger partial charge in [-0.2, -0.15) is 0 Å². The van der Waals surface area contributed by atoms with Crippen molar-refractivity contribution in [3.05, 3.63) is 46.4 Å². The Bertz CT molecular complexity index is 937. The molecule has 0 atom stereocenters. The van der Waals surface area contributed by atoms with Crippen molar-refractivity contribution in [2.45, 2.75) is 24.3 Å². The molecule has 1 aromatic heterocycles. The number of rotatable bonds is 2. The number of aromatic nitrogens is 1. The van der Waals surface area contributed by atoms with Crippen molar-refractivity contribution >= 4 is 23.3 Å². The summed E-state index contributed by atoms with van der Waals surface area (Å²) in [7, 11) is 0. The summed E-state index contributed by atoms with van der Waals surface area (Å²) in [4.78, 5) is 18.5. The third-order valence-electron chi connectivity index (χ3n) is 5.71. The second kappa shape index (κ2) is 5.41. The largest absolute Gasteiger partial charge is 0.369 e. The van der Waals surface area contributed by atoms with Crippen LogP contribution in [0.5, 0.6) is 0 Å². The number of nitrogens with one attached hydrogen (secondary N) is 1. The molecule has 2 aromatic rings. The molecule has 1 spiro atoms. The number of likely N-dealkylation sites (tertiary alicyclic amines) is 1. The van der Waals surface area contributed by atoms with E-state index in [1.807, 2.05) is 0 Å². The number of amides is 1. The van der Waals surface area contributed by atoms with E-state index in [4.69, 9.17) is 17.3 Å². The molecule has 3 heterocycles. The molecule has 5 rings (SSSR count). The number of fused-ring (bicyclic) bond motifs is 2. The molecule has 26 heavy (non-hydrogen) atoms. The number of anilines is 1. The fourth-order valence-electron chi connectivity index (χ4n) is 3.97. The standard InChI is InChI=1S/C19H18ClFN4O/c20-15-13(6-23-17-14(15)19(4-5-19)9-24-17)11-2-1-3-12(16(11)21)18(26)25-7-10(22)8-25/h1-3,6,10H,4-5,7-9,22H2,(H,23,24). The SMILES string of the molecule is NC1CN(C(=O)c2cccc(-c3cnc4c(c3Cl)C3(CC3)CN4)c2F)C1. The molecule has 0 unspecified atom stereocenters. The van der Waals surface area contributed by atoms with E-state index in [9.17, 15) is 4.79 Å². The molecule has 1 aromatic carbocycles. The van der Waals surface area contributed by atoms with Gasteiger partial charge in [-0.05, 0) is 18.9 Å². The van der Waals surface area contributed by atoms with Gasteiger partial charge in [-0.3, -0.25) is 4.79 Å². The number of pyridine rings is 1. The minimum Gasteiger partial charge on any atom is -0.369 e. The van der Waals surface area contributed by atoms with Crippen molar-refractivity contribution in [2.24, 2.45) is 5.73 Å². The lowest BCUT2D eigenvalue weighted by Gasteiger charge is -2.37. The molecule has 1 saturated carbocycles. The first-order valence-corrected chi connectivity index (χ1v) is 9.14. The van der Waals surface area contributed by atoms with Gasteiger partial charge in [0.2, 0.25) is 0 Å². The van der Waals surface area contributed by atoms with E-state index < -0.39 is 5.82 Å². The van der Waals surface area contributed by atoms with Crippen molar-refractivity contribution < 1.29 is 9.18 Å². The highest BCUT2D eigenvalue weighted by molar-refractivity contribution is 6.34. The molecular weight excluding hydrogens is 355 g/mol. The molecule has 2 aliphatic heterocycles. The number of nitrogens with zero attached hydrogens (tertiary/aromatic N) is 2. The minimum atomic E-state index is -0.558. The minimum absolute atomic E-state index is 0.0252. The highest BCUT2D eigenvalue weighted by Gasteiger charge is 2.51. The number of benzene rings is 1. The monoisotopic (exact) mass is 372 g/mol. The number of nitrogens with two attached hydrogens (primary N) is 1. The molecule has 1 saturated heterocycles. The van der Waals surface area contributed by atoms with Gasteiger partial charge in [0.15, 0.2) is 0 Å². The Hall–Kier alpha value is -2.18. The lowest BCUT2D eigenvalue weighted by molar-refractivity contribution is 0.0603. The Morgan fingerprint density at radius 3 is 2.81 bits per heavy atom. The van der Waals surface area contributed by atoms with Crippen LogP contribution in [0.1, 0.15) is 28.8 Å². The third-order valence-corrected chi connectivity index (χ3v) is 6.10. The summed E-state index contributed by atoms with van der Waals surface area (Å²) >= 11 is 6.68. The second-order valence-electron chi connectivity index (χ2n) is 7.48. The summed E-state index contributed by atoms with van der Waals surface area (Å²) in [5.74, 6) is -0.104. The van der Waals surface area contributed by atoms with Crippen LogP contribution in [-0.2, 0) is 5.41 Å². The van der Waals surface area contributed by atoms with Gasteiger partial charge in [0, 0.05) is 54.0 Å². The maximum absolute atomic E-state index is 15.2. The molecule has 0 radical (unpaired) electrons. The molecule has 2 fully saturated rings. The van der Waals surface area contributed by atoms with Crippen molar-refractivity contribution in [2.75, 3.05) is 25.0 Å². The fraction of sp³-hybridized carbons (Fsp3) is 0.368. The number of carbonyl (C=O) groups excluding carboxylic acids is 1. The van der Waals surface area contributed by atoms with Gasteiger partial charge < -0.3 is 16.0 Å². The topological polar surface area (TPSA) is 71.2 Å². The Morgan fingerprint density at radius 2 is 2.12 bits per heavy atom. The van der Waals surface area contributed by atoms with E-state index in [0.717, 1.165) is 30.8 Å². The van der Waals surface area contributed by atoms with Crippen LogP contribution in [0.2, 0.25) is 5.02 Å². The third kappa shape index (κ3) is 2.18. The lowest BCUT2D eigenvalue weighted by Crippen LogP contribution is -2.57. The maximum atomic E-state index is 15.2. The molecule has 5 nitrogen and oxygen atoms in total. The molecule has 7 heteroatoms. The van der Waals surface area contributed by atoms with Gasteiger partial charge in [-0.25, -0.2) is 9.37 Å². The van der Waals surface area contributed by atoms with E-state index in [1.165, 1.54) is 6.07 Å². The predicted octanol–water partition coefficient (Wildman–Crippen LogP) is 2.78. The van der Waals surface area contributed by atoms with Gasteiger partial charge in [0.25, 0.3) is 5.91 Å². The average molecular weight is 373 g/mol. The highest BCUT2D eigenvalue weighted by atomic mass is 35.5. The molecule has 0 bridgehead atoms. The first-order valence-electron chi connectivity index (χ1n) is 8.77. The summed E-state index contributed by atoms with van der Waals surface area (Å²) in [6, 6.07) is 4.80. The average Bonchev–Trinajstić information content (AvgIpc) is 3.28. The second-order valence-corrected chi connectivity index (χ2v) is 7.86. The van der Waals surface area contributed by atoms with Crippen LogP contribution in [0, 0.1) is 5.82 Å². The highest BCUT2D eigenvalue weighted by Crippen LogP contribution is 2.57. The van der Waals surface area contributed by atoms with E-state index in [2.05, 4.69) is 10.3 Å². The Morgan fingerprint density at radius 1 is 1.35 bits per heavy atom. The predicted molar refractivity (Wildman–Crippen MR) is 97.9 cm³/mol. The zero-order valence-electron chi connectivity index (χ0n) is 14.1. The van der Waals surface area contributed by atoms with Crippen LogP contribution in [0.4, 0.5) is 10.2 Å². The molecule has 134 valence electrons. The molecule has 1 amide bonds. The quantitative estimate of drug-likeness (QED) is 0.850. The fourth-order valence-corrected chi connectivity index (χ4v) is 4.41. The summed E-state index contributed by atoms with van der Waals surface area (Å²) in [5.41, 5.74) is 7.65. The zero-order chi connectivity index (χ0) is 18.1. The Balaban J connectivity index is 1.58. The van der Waals surface area contributed by atoms with Crippen LogP contribution in [0.15, 0.2) is 24.4 Å². The Kier molecular flexibility index (Phi) is 3.33. The maximum Gasteiger partial charge on any atom is 0.256 e. The summed E-state index contributed by atoms with van der Waals surface area (Å²) in [6.07, 6.45) is 3.71. The summed E-state index contributed by atoms with van der Waals surface area (Å²) < 4.78 is 15.2. The number of carbonyl (C=O) groups is 1. The van der Waals surface area contributed by atoms with Gasteiger partial charge >= 0.3 is 0 Å². The smallest absolute Gasteiger partial charge is 0.256 e. The molecule has 1 aliphatic carbocycles. The van der Waals surface area contributed by atoms with Crippen molar-refractivity contribution in [1.82, 2.24) is 9.88 Å². The van der Waals surface area contributed by atoms with Crippen LogP contribution in [0.25, 0.3) is 11.1 Å². The van der Waals surface area contributed by atoms with Gasteiger partial charge in [-0.15, -0.1) is 0 Å². The summed E-state index contributed by atoms with van der Waals surface area (Å²) in [6.45, 7) is 1.74. The molecule has 3 aliphatic rings. The summed E-state index contributed by atoms with van der Waals surface area (Å²) in [5, 5.41) is 3.82. The van der Waals surface area contributed by atoms with E-state index in [-0.39, 0.29) is 22.9 Å². The molecular formula is C19H18ClFN4O. The van der Waals surface area contributed by atoms with E-state index >= 15 is 4.39 Å². The van der Waals surface area contributed by atoms with Crippen molar-refractivity contribution in [3.8, 4) is 11.1 Å². The number of hydrogen-bond acceptors (Lipinski definition) is 4. The van der Waals surface area contributed by atoms with Gasteiger partial charge in [0.1, 0.15) is 11.6 Å². The van der Waals surface area contributed by atoms with Gasteiger partial charge in [0.05, 0.1) is 10.6 Å². The first-order chi connectivity index (χ1) is 12.5. The Labute approximate surface area is 155 Å². The van der Waals surface area contributed by atoms with Crippen molar-refractivity contribution in [3.63, 3.8) is 0 Å². The number of hydrogen-bond donors (Lipinski definition) is 2. The zero-order valence-corrected chi connectivity index (χ0v) is 14.8. The first kappa shape index (κ1) is 16.0. The van der Waals surface area contributed by atoms with Gasteiger partial charge in [-0.1, -0.05) is 23.7 Å². The lowest BCUT2D eigenvalue weighted by atomic mass is 9.95. The van der Waals surface area contributed by atoms with Crippen LogP contribution in [-0.4, -0.2) is 41.5 Å².